The smallest absolute Gasteiger partial charge is 0.135 e. The molecule has 4 heteroatoms. The Balaban J connectivity index is 0.751. The molecule has 0 unspecified atom stereocenters. The summed E-state index contributed by atoms with van der Waals surface area (Å²) in [5, 5.41) is 4.84. The second-order valence-corrected chi connectivity index (χ2v) is 22.3. The minimum Gasteiger partial charge on any atom is -0.456 e. The number of benzene rings is 12. The zero-order valence-electron chi connectivity index (χ0n) is 45.1. The van der Waals surface area contributed by atoms with Gasteiger partial charge >= 0.3 is 0 Å². The minimum atomic E-state index is 0.892. The third-order valence-electron chi connectivity index (χ3n) is 15.8. The van der Waals surface area contributed by atoms with Crippen molar-refractivity contribution in [2.75, 3.05) is 9.80 Å². The van der Waals surface area contributed by atoms with Crippen molar-refractivity contribution in [3.8, 4) is 55.6 Å². The van der Waals surface area contributed by atoms with E-state index in [1.54, 1.807) is 0 Å². The van der Waals surface area contributed by atoms with Crippen molar-refractivity contribution in [3.05, 3.63) is 289 Å². The molecule has 0 fully saturated rings. The van der Waals surface area contributed by atoms with Crippen molar-refractivity contribution in [3.63, 3.8) is 0 Å². The third kappa shape index (κ3) is 9.10. The molecule has 0 aliphatic carbocycles. The van der Waals surface area contributed by atoms with Gasteiger partial charge in [-0.1, -0.05) is 169 Å². The van der Waals surface area contributed by atoms with E-state index in [1.807, 2.05) is 11.3 Å². The molecule has 12 aromatic carbocycles. The topological polar surface area (TPSA) is 19.6 Å². The largest absolute Gasteiger partial charge is 0.456 e. The molecule has 0 atom stereocenters. The highest BCUT2D eigenvalue weighted by Gasteiger charge is 2.19. The Labute approximate surface area is 471 Å². The van der Waals surface area contributed by atoms with Crippen molar-refractivity contribution in [1.82, 2.24) is 0 Å². The zero-order chi connectivity index (χ0) is 53.8. The fraction of sp³-hybridized carbons (Fsp3) is 0.0526. The van der Waals surface area contributed by atoms with E-state index in [4.69, 9.17) is 4.42 Å². The van der Waals surface area contributed by atoms with Crippen LogP contribution in [-0.4, -0.2) is 0 Å². The standard InChI is InChI=1S/C76H56N2OS/c1-49-15-37-71(51(3)43-49)77(65-33-21-57(22-34-65)60-26-40-74-68(46-60)67-45-59(25-39-73(67)79-74)53-11-7-5-8-12-53)63-29-17-55(18-30-63)56-19-31-64(32-20-56)78(72-38-16-50(2)44-52(72)4)66-35-23-58(24-36-66)62-28-42-76-70(48-62)69-47-61(27-41-75(69)80-76)54-13-9-6-10-14-54/h5-48H,1-4H3. The molecule has 382 valence electrons. The van der Waals surface area contributed by atoms with Gasteiger partial charge in [0.2, 0.25) is 0 Å². The average molecular weight is 1050 g/mol. The second kappa shape index (κ2) is 20.2. The van der Waals surface area contributed by atoms with Crippen LogP contribution in [0.2, 0.25) is 0 Å². The first-order valence-electron chi connectivity index (χ1n) is 27.4. The van der Waals surface area contributed by atoms with E-state index in [1.165, 1.54) is 75.8 Å². The first-order valence-corrected chi connectivity index (χ1v) is 28.3. The van der Waals surface area contributed by atoms with Gasteiger partial charge in [-0.05, 0) is 204 Å². The van der Waals surface area contributed by atoms with E-state index in [0.717, 1.165) is 78.3 Å². The SMILES string of the molecule is Cc1ccc(N(c2ccc(-c3ccc(N(c4ccc(-c5ccc6sc7ccc(-c8ccccc8)cc7c6c5)cc4)c4ccc(C)cc4C)cc3)cc2)c2ccc(-c3ccc4oc5ccc(-c6ccccc6)cc5c4c3)cc2)c(C)c1. The van der Waals surface area contributed by atoms with Gasteiger partial charge in [-0.3, -0.25) is 0 Å². The highest BCUT2D eigenvalue weighted by atomic mass is 32.1. The first kappa shape index (κ1) is 48.6. The van der Waals surface area contributed by atoms with E-state index >= 15 is 0 Å². The van der Waals surface area contributed by atoms with Gasteiger partial charge < -0.3 is 14.2 Å². The van der Waals surface area contributed by atoms with E-state index in [-0.39, 0.29) is 0 Å². The molecule has 80 heavy (non-hydrogen) atoms. The minimum absolute atomic E-state index is 0.892. The van der Waals surface area contributed by atoms with Crippen LogP contribution in [-0.2, 0) is 0 Å². The lowest BCUT2D eigenvalue weighted by molar-refractivity contribution is 0.669. The Morgan fingerprint density at radius 1 is 0.263 bits per heavy atom. The van der Waals surface area contributed by atoms with Gasteiger partial charge in [0, 0.05) is 65.1 Å². The number of hydrogen-bond donors (Lipinski definition) is 0. The molecule has 0 saturated heterocycles. The molecule has 0 amide bonds. The van der Waals surface area contributed by atoms with Crippen LogP contribution < -0.4 is 9.80 Å². The summed E-state index contributed by atoms with van der Waals surface area (Å²) in [4.78, 5) is 4.76. The van der Waals surface area contributed by atoms with Gasteiger partial charge in [0.15, 0.2) is 0 Å². The van der Waals surface area contributed by atoms with Crippen molar-refractivity contribution in [2.45, 2.75) is 27.7 Å². The van der Waals surface area contributed by atoms with Gasteiger partial charge in [0.05, 0.1) is 0 Å². The average Bonchev–Trinajstić information content (AvgIpc) is 4.08. The predicted octanol–water partition coefficient (Wildman–Crippen LogP) is 22.5. The predicted molar refractivity (Wildman–Crippen MR) is 342 cm³/mol. The number of thiophene rings is 1. The van der Waals surface area contributed by atoms with Crippen LogP contribution >= 0.6 is 11.3 Å². The molecule has 14 rings (SSSR count). The fourth-order valence-corrected chi connectivity index (χ4v) is 12.8. The summed E-state index contributed by atoms with van der Waals surface area (Å²) in [6.45, 7) is 8.74. The number of hydrogen-bond acceptors (Lipinski definition) is 4. The number of fused-ring (bicyclic) bond motifs is 6. The lowest BCUT2D eigenvalue weighted by Gasteiger charge is -2.28. The number of anilines is 6. The molecule has 0 aliphatic heterocycles. The molecule has 0 saturated carbocycles. The Morgan fingerprint density at radius 2 is 0.562 bits per heavy atom. The maximum Gasteiger partial charge on any atom is 0.135 e. The number of nitrogens with zero attached hydrogens (tertiary/aromatic N) is 2. The van der Waals surface area contributed by atoms with Gasteiger partial charge in [0.1, 0.15) is 11.2 Å². The lowest BCUT2D eigenvalue weighted by atomic mass is 9.99. The van der Waals surface area contributed by atoms with Crippen LogP contribution in [0.1, 0.15) is 22.3 Å². The maximum absolute atomic E-state index is 6.33. The lowest BCUT2D eigenvalue weighted by Crippen LogP contribution is -2.11. The van der Waals surface area contributed by atoms with Gasteiger partial charge in [-0.2, -0.15) is 0 Å². The van der Waals surface area contributed by atoms with Crippen LogP contribution in [0, 0.1) is 27.7 Å². The van der Waals surface area contributed by atoms with Gasteiger partial charge in [-0.15, -0.1) is 11.3 Å². The summed E-state index contributed by atoms with van der Waals surface area (Å²) in [6, 6.07) is 97.6. The second-order valence-electron chi connectivity index (χ2n) is 21.2. The van der Waals surface area contributed by atoms with Gasteiger partial charge in [0.25, 0.3) is 0 Å². The fourth-order valence-electron chi connectivity index (χ4n) is 11.7. The van der Waals surface area contributed by atoms with Crippen LogP contribution in [0.4, 0.5) is 34.1 Å². The summed E-state index contributed by atoms with van der Waals surface area (Å²) in [6.07, 6.45) is 0. The number of rotatable bonds is 11. The molecule has 0 bridgehead atoms. The molecule has 3 nitrogen and oxygen atoms in total. The van der Waals surface area contributed by atoms with Gasteiger partial charge in [-0.25, -0.2) is 0 Å². The number of aryl methyl sites for hydroxylation is 4. The summed E-state index contributed by atoms with van der Waals surface area (Å²) in [5.41, 5.74) is 25.3. The molecule has 0 aliphatic rings. The molecule has 2 heterocycles. The molecule has 0 N–H and O–H groups in total. The molecule has 2 aromatic heterocycles. The Hall–Kier alpha value is -9.74. The number of furan rings is 1. The normalized spacial score (nSPS) is 11.5. The third-order valence-corrected chi connectivity index (χ3v) is 17.0. The Kier molecular flexibility index (Phi) is 12.3. The van der Waals surface area contributed by atoms with Crippen LogP contribution in [0.5, 0.6) is 0 Å². The Bertz CT molecular complexity index is 4300. The van der Waals surface area contributed by atoms with Crippen LogP contribution in [0.3, 0.4) is 0 Å². The molecule has 0 radical (unpaired) electrons. The molecular formula is C76H56N2OS. The van der Waals surface area contributed by atoms with Crippen molar-refractivity contribution < 1.29 is 4.42 Å². The zero-order valence-corrected chi connectivity index (χ0v) is 45.9. The summed E-state index contributed by atoms with van der Waals surface area (Å²) >= 11 is 1.86. The molecule has 14 aromatic rings. The maximum atomic E-state index is 6.33. The van der Waals surface area contributed by atoms with Crippen LogP contribution in [0.25, 0.3) is 97.7 Å². The Morgan fingerprint density at radius 3 is 0.912 bits per heavy atom. The van der Waals surface area contributed by atoms with E-state index in [0.29, 0.717) is 0 Å². The van der Waals surface area contributed by atoms with E-state index in [9.17, 15) is 0 Å². The monoisotopic (exact) mass is 1040 g/mol. The van der Waals surface area contributed by atoms with Crippen LogP contribution in [0.15, 0.2) is 271 Å². The van der Waals surface area contributed by atoms with E-state index < -0.39 is 0 Å². The highest BCUT2D eigenvalue weighted by Crippen LogP contribution is 2.44. The summed E-state index contributed by atoms with van der Waals surface area (Å²) < 4.78 is 8.94. The molecular weight excluding hydrogens is 989 g/mol. The summed E-state index contributed by atoms with van der Waals surface area (Å²) in [7, 11) is 0. The van der Waals surface area contributed by atoms with Crippen molar-refractivity contribution in [2.24, 2.45) is 0 Å². The highest BCUT2D eigenvalue weighted by molar-refractivity contribution is 7.25. The summed E-state index contributed by atoms with van der Waals surface area (Å²) in [5.74, 6) is 0. The molecule has 0 spiro atoms. The van der Waals surface area contributed by atoms with Crippen molar-refractivity contribution >= 4 is 87.6 Å². The first-order chi connectivity index (χ1) is 39.2. The van der Waals surface area contributed by atoms with E-state index in [2.05, 4.69) is 304 Å². The quantitative estimate of drug-likeness (QED) is 0.129. The van der Waals surface area contributed by atoms with Crippen molar-refractivity contribution in [1.29, 1.82) is 0 Å².